The highest BCUT2D eigenvalue weighted by molar-refractivity contribution is 6.00. The van der Waals surface area contributed by atoms with Crippen LogP contribution >= 0.6 is 0 Å². The number of benzene rings is 2. The first kappa shape index (κ1) is 21.7. The number of guanidine groups is 1. The van der Waals surface area contributed by atoms with Crippen molar-refractivity contribution in [1.82, 2.24) is 4.90 Å². The minimum Gasteiger partial charge on any atom is -0.383 e. The summed E-state index contributed by atoms with van der Waals surface area (Å²) in [6, 6.07) is 14.7. The summed E-state index contributed by atoms with van der Waals surface area (Å²) in [5.41, 5.74) is 18.1. The number of rotatable bonds is 3. The van der Waals surface area contributed by atoms with Gasteiger partial charge in [-0.15, -0.1) is 0 Å². The van der Waals surface area contributed by atoms with Crippen molar-refractivity contribution in [3.63, 3.8) is 0 Å². The molecule has 0 spiro atoms. The fourth-order valence-electron chi connectivity index (χ4n) is 5.78. The van der Waals surface area contributed by atoms with E-state index in [9.17, 15) is 4.79 Å². The number of carbonyl (C=O) groups excluding carboxylic acids is 1. The Labute approximate surface area is 195 Å². The van der Waals surface area contributed by atoms with Crippen LogP contribution in [0.2, 0.25) is 0 Å². The summed E-state index contributed by atoms with van der Waals surface area (Å²) in [5, 5.41) is 0. The quantitative estimate of drug-likeness (QED) is 0.551. The number of hydrogen-bond acceptors (Lipinski definition) is 4. The minimum absolute atomic E-state index is 0.0238. The van der Waals surface area contributed by atoms with Gasteiger partial charge in [0.1, 0.15) is 5.84 Å². The molecule has 33 heavy (non-hydrogen) atoms. The molecule has 0 saturated carbocycles. The van der Waals surface area contributed by atoms with Crippen molar-refractivity contribution in [3.05, 3.63) is 70.3 Å². The third kappa shape index (κ3) is 3.71. The van der Waals surface area contributed by atoms with Gasteiger partial charge in [0.25, 0.3) is 0 Å². The number of amides is 1. The van der Waals surface area contributed by atoms with Crippen LogP contribution in [0, 0.1) is 0 Å². The van der Waals surface area contributed by atoms with E-state index >= 15 is 0 Å². The lowest BCUT2D eigenvalue weighted by Gasteiger charge is -2.37. The number of aryl methyl sites for hydroxylation is 1. The number of aliphatic imine (C=N–C) groups is 2. The fraction of sp³-hybridized carbons (Fsp3) is 0.444. The third-order valence-corrected chi connectivity index (χ3v) is 7.36. The van der Waals surface area contributed by atoms with Crippen LogP contribution in [-0.2, 0) is 16.6 Å². The molecule has 0 radical (unpaired) electrons. The smallest absolute Gasteiger partial charge is 0.232 e. The number of fused-ring (bicyclic) bond motifs is 2. The predicted octanol–water partition coefficient (Wildman–Crippen LogP) is 4.13. The lowest BCUT2D eigenvalue weighted by molar-refractivity contribution is -0.131. The van der Waals surface area contributed by atoms with Gasteiger partial charge in [0.05, 0.1) is 24.0 Å². The summed E-state index contributed by atoms with van der Waals surface area (Å²) in [4.78, 5) is 24.3. The summed E-state index contributed by atoms with van der Waals surface area (Å²) < 4.78 is 0. The molecule has 1 amide bonds. The molecule has 0 aromatic heterocycles. The molecule has 2 aromatic rings. The van der Waals surface area contributed by atoms with Gasteiger partial charge in [-0.2, -0.15) is 0 Å². The Morgan fingerprint density at radius 3 is 2.64 bits per heavy atom. The number of nitrogens with zero attached hydrogens (tertiary/aromatic N) is 3. The molecule has 172 valence electrons. The van der Waals surface area contributed by atoms with Crippen LogP contribution in [0.4, 0.5) is 0 Å². The van der Waals surface area contributed by atoms with Gasteiger partial charge in [-0.3, -0.25) is 14.7 Å². The molecule has 1 heterocycles. The topological polar surface area (TPSA) is 97.1 Å². The normalized spacial score (nSPS) is 25.6. The first-order valence-electron chi connectivity index (χ1n) is 11.8. The number of hydrogen-bond donors (Lipinski definition) is 2. The maximum atomic E-state index is 13.1. The van der Waals surface area contributed by atoms with Crippen LogP contribution in [0.5, 0.6) is 0 Å². The maximum absolute atomic E-state index is 13.1. The summed E-state index contributed by atoms with van der Waals surface area (Å²) in [6.45, 7) is 8.31. The van der Waals surface area contributed by atoms with Crippen molar-refractivity contribution in [2.24, 2.45) is 21.5 Å². The van der Waals surface area contributed by atoms with Gasteiger partial charge in [0.2, 0.25) is 5.91 Å². The van der Waals surface area contributed by atoms with E-state index in [-0.39, 0.29) is 23.4 Å². The highest BCUT2D eigenvalue weighted by Crippen LogP contribution is 2.48. The number of amidine groups is 1. The second-order valence-electron chi connectivity index (χ2n) is 10.9. The third-order valence-electron chi connectivity index (χ3n) is 7.36. The SMILES string of the molecule is CC1(C)CC(=O)N(C2CC(C)(C)c3ccc(C(N)=NC4CCc5ccccc54)cc32)C(N)=N1. The summed E-state index contributed by atoms with van der Waals surface area (Å²) in [6.07, 6.45) is 3.15. The van der Waals surface area contributed by atoms with Crippen molar-refractivity contribution in [3.8, 4) is 0 Å². The van der Waals surface area contributed by atoms with Crippen molar-refractivity contribution in [1.29, 1.82) is 0 Å². The lowest BCUT2D eigenvalue weighted by Crippen LogP contribution is -2.51. The van der Waals surface area contributed by atoms with E-state index in [1.807, 2.05) is 13.8 Å². The zero-order valence-corrected chi connectivity index (χ0v) is 19.9. The van der Waals surface area contributed by atoms with Crippen LogP contribution in [0.1, 0.15) is 86.9 Å². The molecule has 6 heteroatoms. The van der Waals surface area contributed by atoms with Crippen LogP contribution < -0.4 is 11.5 Å². The highest BCUT2D eigenvalue weighted by Gasteiger charge is 2.45. The molecule has 6 nitrogen and oxygen atoms in total. The minimum atomic E-state index is -0.467. The second-order valence-corrected chi connectivity index (χ2v) is 10.9. The van der Waals surface area contributed by atoms with E-state index in [1.54, 1.807) is 4.90 Å². The van der Waals surface area contributed by atoms with Gasteiger partial charge in [-0.05, 0) is 66.8 Å². The van der Waals surface area contributed by atoms with Gasteiger partial charge in [0.15, 0.2) is 5.96 Å². The molecule has 2 atom stereocenters. The monoisotopic (exact) mass is 443 g/mol. The first-order valence-corrected chi connectivity index (χ1v) is 11.8. The average Bonchev–Trinajstić information content (AvgIpc) is 3.25. The van der Waals surface area contributed by atoms with E-state index < -0.39 is 5.54 Å². The van der Waals surface area contributed by atoms with Gasteiger partial charge in [0, 0.05) is 5.56 Å². The van der Waals surface area contributed by atoms with Crippen molar-refractivity contribution >= 4 is 17.7 Å². The Bertz CT molecular complexity index is 1190. The molecule has 3 aliphatic rings. The summed E-state index contributed by atoms with van der Waals surface area (Å²) >= 11 is 0. The molecule has 4 N–H and O–H groups in total. The van der Waals surface area contributed by atoms with Gasteiger partial charge >= 0.3 is 0 Å². The summed E-state index contributed by atoms with van der Waals surface area (Å²) in [7, 11) is 0. The van der Waals surface area contributed by atoms with E-state index in [1.165, 1.54) is 16.7 Å². The fourth-order valence-corrected chi connectivity index (χ4v) is 5.78. The summed E-state index contributed by atoms with van der Waals surface area (Å²) in [5.74, 6) is 0.867. The molecule has 0 fully saturated rings. The van der Waals surface area contributed by atoms with Crippen molar-refractivity contribution in [2.45, 2.75) is 76.4 Å². The Morgan fingerprint density at radius 2 is 1.88 bits per heavy atom. The van der Waals surface area contributed by atoms with Crippen LogP contribution in [0.15, 0.2) is 52.4 Å². The van der Waals surface area contributed by atoms with Gasteiger partial charge < -0.3 is 11.5 Å². The zero-order valence-electron chi connectivity index (χ0n) is 19.9. The number of nitrogens with two attached hydrogens (primary N) is 2. The predicted molar refractivity (Wildman–Crippen MR) is 132 cm³/mol. The highest BCUT2D eigenvalue weighted by atomic mass is 16.2. The molecule has 2 aromatic carbocycles. The molecule has 5 rings (SSSR count). The van der Waals surface area contributed by atoms with E-state index in [0.717, 1.165) is 30.4 Å². The Kier molecular flexibility index (Phi) is 4.89. The molecular weight excluding hydrogens is 410 g/mol. The molecule has 0 saturated heterocycles. The Morgan fingerprint density at radius 1 is 1.12 bits per heavy atom. The van der Waals surface area contributed by atoms with Crippen molar-refractivity contribution in [2.75, 3.05) is 0 Å². The second kappa shape index (κ2) is 7.44. The molecule has 0 bridgehead atoms. The first-order chi connectivity index (χ1) is 15.6. The van der Waals surface area contributed by atoms with Gasteiger partial charge in [-0.25, -0.2) is 4.99 Å². The van der Waals surface area contributed by atoms with Crippen LogP contribution in [0.25, 0.3) is 0 Å². The standard InChI is InChI=1S/C27H33N5O/c1-26(2)14-22(32-23(33)15-27(3,4)31-25(32)29)19-13-17(9-11-20(19)26)24(28)30-21-12-10-16-7-5-6-8-18(16)21/h5-9,11,13,21-22H,10,12,14-15H2,1-4H3,(H2,28,30)(H2,29,31). The molecule has 2 unspecified atom stereocenters. The van der Waals surface area contributed by atoms with E-state index in [2.05, 4.69) is 61.3 Å². The Balaban J connectivity index is 1.51. The van der Waals surface area contributed by atoms with Crippen LogP contribution in [0.3, 0.4) is 0 Å². The maximum Gasteiger partial charge on any atom is 0.232 e. The van der Waals surface area contributed by atoms with E-state index in [0.29, 0.717) is 18.2 Å². The van der Waals surface area contributed by atoms with E-state index in [4.69, 9.17) is 16.5 Å². The molecule has 2 aliphatic carbocycles. The molecule has 1 aliphatic heterocycles. The largest absolute Gasteiger partial charge is 0.383 e. The van der Waals surface area contributed by atoms with Crippen molar-refractivity contribution < 1.29 is 4.79 Å². The zero-order chi connectivity index (χ0) is 23.5. The number of carbonyl (C=O) groups is 1. The van der Waals surface area contributed by atoms with Gasteiger partial charge in [-0.1, -0.05) is 50.2 Å². The lowest BCUT2D eigenvalue weighted by atomic mass is 9.86. The van der Waals surface area contributed by atoms with Crippen LogP contribution in [-0.4, -0.2) is 28.1 Å². The Hall–Kier alpha value is -3.15. The molecular formula is C27H33N5O. The average molecular weight is 444 g/mol.